The maximum atomic E-state index is 13.9. The van der Waals surface area contributed by atoms with Gasteiger partial charge < -0.3 is 10.2 Å². The lowest BCUT2D eigenvalue weighted by Gasteiger charge is -2.38. The van der Waals surface area contributed by atoms with Crippen LogP contribution in [0.4, 0.5) is 19.0 Å². The largest absolute Gasteiger partial charge is 0.410 e. The van der Waals surface area contributed by atoms with Crippen molar-refractivity contribution < 1.29 is 18.0 Å². The lowest BCUT2D eigenvalue weighted by molar-refractivity contribution is -0.173. The van der Waals surface area contributed by atoms with E-state index in [4.69, 9.17) is 23.2 Å². The van der Waals surface area contributed by atoms with Gasteiger partial charge in [0.2, 0.25) is 0 Å². The van der Waals surface area contributed by atoms with Crippen molar-refractivity contribution >= 4 is 34.9 Å². The molecule has 0 bridgehead atoms. The Kier molecular flexibility index (Phi) is 5.89. The van der Waals surface area contributed by atoms with Crippen LogP contribution in [0.25, 0.3) is 0 Å². The second-order valence-electron chi connectivity index (χ2n) is 8.34. The number of piperidine rings is 1. The summed E-state index contributed by atoms with van der Waals surface area (Å²) in [5.74, 6) is -0.423. The summed E-state index contributed by atoms with van der Waals surface area (Å²) in [7, 11) is 0. The van der Waals surface area contributed by atoms with Crippen molar-refractivity contribution in [3.8, 4) is 0 Å². The maximum absolute atomic E-state index is 13.9. The predicted octanol–water partition coefficient (Wildman–Crippen LogP) is 6.25. The molecule has 1 fully saturated rings. The van der Waals surface area contributed by atoms with E-state index in [9.17, 15) is 18.0 Å². The Labute approximate surface area is 188 Å². The SMILES string of the molecule is C[C@@H]1CCC[C@@H](C)N1C(=O)c1nn2c(c1Cl)N[C@@H](c1ccc(Cl)cc1)C[C@@H]2C(F)(F)F. The maximum Gasteiger partial charge on any atom is 0.410 e. The minimum Gasteiger partial charge on any atom is -0.362 e. The van der Waals surface area contributed by atoms with E-state index in [2.05, 4.69) is 10.4 Å². The van der Waals surface area contributed by atoms with Crippen LogP contribution in [0.1, 0.15) is 67.7 Å². The molecule has 2 aliphatic heterocycles. The summed E-state index contributed by atoms with van der Waals surface area (Å²) in [6.07, 6.45) is -2.16. The van der Waals surface area contributed by atoms with E-state index in [1.165, 1.54) is 0 Å². The number of halogens is 5. The fraction of sp³-hybridized carbons (Fsp3) is 0.524. The highest BCUT2D eigenvalue weighted by Gasteiger charge is 2.48. The van der Waals surface area contributed by atoms with Crippen LogP contribution in [-0.4, -0.2) is 38.8 Å². The summed E-state index contributed by atoms with van der Waals surface area (Å²) in [6, 6.07) is 4.00. The van der Waals surface area contributed by atoms with Crippen molar-refractivity contribution in [2.24, 2.45) is 0 Å². The summed E-state index contributed by atoms with van der Waals surface area (Å²) >= 11 is 12.4. The van der Waals surface area contributed by atoms with Gasteiger partial charge in [-0.25, -0.2) is 4.68 Å². The van der Waals surface area contributed by atoms with Gasteiger partial charge in [0.15, 0.2) is 11.7 Å². The van der Waals surface area contributed by atoms with Crippen molar-refractivity contribution in [1.29, 1.82) is 0 Å². The van der Waals surface area contributed by atoms with Crippen LogP contribution >= 0.6 is 23.2 Å². The Hall–Kier alpha value is -1.93. The highest BCUT2D eigenvalue weighted by molar-refractivity contribution is 6.36. The van der Waals surface area contributed by atoms with Gasteiger partial charge in [0.25, 0.3) is 5.91 Å². The average Bonchev–Trinajstić information content (AvgIpc) is 3.03. The van der Waals surface area contributed by atoms with Gasteiger partial charge in [0.1, 0.15) is 10.8 Å². The van der Waals surface area contributed by atoms with Crippen molar-refractivity contribution in [3.63, 3.8) is 0 Å². The van der Waals surface area contributed by atoms with Gasteiger partial charge in [-0.15, -0.1) is 0 Å². The molecule has 31 heavy (non-hydrogen) atoms. The van der Waals surface area contributed by atoms with Gasteiger partial charge in [-0.3, -0.25) is 4.79 Å². The molecule has 3 heterocycles. The number of hydrogen-bond donors (Lipinski definition) is 1. The van der Waals surface area contributed by atoms with E-state index in [0.29, 0.717) is 10.6 Å². The molecular weight excluding hydrogens is 452 g/mol. The molecule has 1 aromatic heterocycles. The zero-order valence-electron chi connectivity index (χ0n) is 17.1. The molecule has 1 aromatic carbocycles. The van der Waals surface area contributed by atoms with Crippen LogP contribution in [0.3, 0.4) is 0 Å². The van der Waals surface area contributed by atoms with E-state index in [1.807, 2.05) is 13.8 Å². The number of carbonyl (C=O) groups is 1. The fourth-order valence-corrected chi connectivity index (χ4v) is 4.97. The standard InChI is InChI=1S/C21H23Cl2F3N4O/c1-11-4-3-5-12(2)29(11)20(31)18-17(23)19-27-15(13-6-8-14(22)9-7-13)10-16(21(24,25)26)30(19)28-18/h6-9,11-12,15-16,27H,3-5,10H2,1-2H3/t11-,12-,15-,16-/m1/s1. The Balaban J connectivity index is 1.74. The third kappa shape index (κ3) is 4.12. The molecule has 0 aliphatic carbocycles. The molecule has 0 spiro atoms. The number of nitrogens with one attached hydrogen (secondary N) is 1. The molecule has 4 atom stereocenters. The van der Waals surface area contributed by atoms with E-state index in [0.717, 1.165) is 23.9 Å². The number of benzene rings is 1. The lowest BCUT2D eigenvalue weighted by atomic mass is 9.96. The number of likely N-dealkylation sites (tertiary alicyclic amines) is 1. The Morgan fingerprint density at radius 3 is 2.32 bits per heavy atom. The highest BCUT2D eigenvalue weighted by Crippen LogP contribution is 2.46. The Bertz CT molecular complexity index is 966. The van der Waals surface area contributed by atoms with Crippen LogP contribution in [0.5, 0.6) is 0 Å². The number of fused-ring (bicyclic) bond motifs is 1. The minimum atomic E-state index is -4.55. The predicted molar refractivity (Wildman–Crippen MR) is 114 cm³/mol. The third-order valence-corrected chi connectivity index (χ3v) is 6.81. The smallest absolute Gasteiger partial charge is 0.362 e. The van der Waals surface area contributed by atoms with Gasteiger partial charge in [-0.2, -0.15) is 18.3 Å². The third-order valence-electron chi connectivity index (χ3n) is 6.20. The van der Waals surface area contributed by atoms with Crippen molar-refractivity contribution in [3.05, 3.63) is 45.6 Å². The molecule has 0 radical (unpaired) electrons. The van der Waals surface area contributed by atoms with Crippen LogP contribution < -0.4 is 5.32 Å². The number of amides is 1. The van der Waals surface area contributed by atoms with Gasteiger partial charge in [-0.1, -0.05) is 35.3 Å². The second-order valence-corrected chi connectivity index (χ2v) is 9.15. The number of nitrogens with zero attached hydrogens (tertiary/aromatic N) is 3. The van der Waals surface area contributed by atoms with Crippen LogP contribution in [0.2, 0.25) is 10.0 Å². The van der Waals surface area contributed by atoms with E-state index in [1.54, 1.807) is 29.2 Å². The monoisotopic (exact) mass is 474 g/mol. The molecule has 168 valence electrons. The summed E-state index contributed by atoms with van der Waals surface area (Å²) < 4.78 is 42.7. The second kappa shape index (κ2) is 8.20. The van der Waals surface area contributed by atoms with Gasteiger partial charge >= 0.3 is 6.18 Å². The van der Waals surface area contributed by atoms with Crippen molar-refractivity contribution in [2.45, 2.75) is 69.9 Å². The molecule has 2 aromatic rings. The van der Waals surface area contributed by atoms with Gasteiger partial charge in [0, 0.05) is 23.5 Å². The van der Waals surface area contributed by atoms with Crippen LogP contribution in [0, 0.1) is 0 Å². The number of hydrogen-bond acceptors (Lipinski definition) is 3. The first-order chi connectivity index (χ1) is 14.6. The molecule has 5 nitrogen and oxygen atoms in total. The van der Waals surface area contributed by atoms with Crippen molar-refractivity contribution in [2.75, 3.05) is 5.32 Å². The molecule has 2 aliphatic rings. The number of aromatic nitrogens is 2. The zero-order chi connectivity index (χ0) is 22.5. The molecule has 1 N–H and O–H groups in total. The quantitative estimate of drug-likeness (QED) is 0.559. The summed E-state index contributed by atoms with van der Waals surface area (Å²) in [4.78, 5) is 14.9. The zero-order valence-corrected chi connectivity index (χ0v) is 18.6. The first kappa shape index (κ1) is 22.3. The first-order valence-electron chi connectivity index (χ1n) is 10.3. The molecular formula is C21H23Cl2F3N4O. The van der Waals surface area contributed by atoms with Gasteiger partial charge in [0.05, 0.1) is 6.04 Å². The van der Waals surface area contributed by atoms with E-state index < -0.39 is 24.2 Å². The summed E-state index contributed by atoms with van der Waals surface area (Å²) in [5.41, 5.74) is 0.504. The number of rotatable bonds is 2. The summed E-state index contributed by atoms with van der Waals surface area (Å²) in [5, 5.41) is 7.55. The average molecular weight is 475 g/mol. The first-order valence-corrected chi connectivity index (χ1v) is 11.0. The molecule has 0 unspecified atom stereocenters. The van der Waals surface area contributed by atoms with Crippen molar-refractivity contribution in [1.82, 2.24) is 14.7 Å². The molecule has 4 rings (SSSR count). The normalized spacial score (nSPS) is 26.4. The Morgan fingerprint density at radius 2 is 1.74 bits per heavy atom. The number of carbonyl (C=O) groups excluding carboxylic acids is 1. The number of anilines is 1. The lowest BCUT2D eigenvalue weighted by Crippen LogP contribution is -2.47. The minimum absolute atomic E-state index is 0.0101. The Morgan fingerprint density at radius 1 is 1.13 bits per heavy atom. The topological polar surface area (TPSA) is 50.2 Å². The van der Waals surface area contributed by atoms with E-state index in [-0.39, 0.29) is 35.0 Å². The van der Waals surface area contributed by atoms with Crippen LogP contribution in [0.15, 0.2) is 24.3 Å². The highest BCUT2D eigenvalue weighted by atomic mass is 35.5. The van der Waals surface area contributed by atoms with E-state index >= 15 is 0 Å². The summed E-state index contributed by atoms with van der Waals surface area (Å²) in [6.45, 7) is 3.87. The molecule has 10 heteroatoms. The molecule has 0 saturated carbocycles. The fourth-order valence-electron chi connectivity index (χ4n) is 4.58. The number of alkyl halides is 3. The van der Waals surface area contributed by atoms with Crippen LogP contribution in [-0.2, 0) is 0 Å². The molecule has 1 amide bonds. The molecule has 1 saturated heterocycles. The van der Waals surface area contributed by atoms with Gasteiger partial charge in [-0.05, 0) is 50.8 Å².